The van der Waals surface area contributed by atoms with Crippen LogP contribution in [0.1, 0.15) is 62.9 Å². The average Bonchev–Trinajstić information content (AvgIpc) is 2.91. The molecule has 0 radical (unpaired) electrons. The fourth-order valence-electron chi connectivity index (χ4n) is 5.51. The van der Waals surface area contributed by atoms with E-state index in [2.05, 4.69) is 5.16 Å². The Morgan fingerprint density at radius 1 is 1.28 bits per heavy atom. The molecule has 0 amide bonds. The molecule has 1 aromatic heterocycles. The van der Waals surface area contributed by atoms with Crippen molar-refractivity contribution >= 4 is 17.8 Å². The largest absolute Gasteiger partial charge is 0.463 e. The highest BCUT2D eigenvalue weighted by molar-refractivity contribution is 5.88. The molecule has 4 aliphatic carbocycles. The van der Waals surface area contributed by atoms with Crippen LogP contribution in [0.3, 0.4) is 0 Å². The number of carbonyl (C=O) groups excluding carboxylic acids is 2. The van der Waals surface area contributed by atoms with Gasteiger partial charge in [0.25, 0.3) is 0 Å². The Morgan fingerprint density at radius 2 is 1.96 bits per heavy atom. The van der Waals surface area contributed by atoms with Crippen molar-refractivity contribution < 1.29 is 23.6 Å². The van der Waals surface area contributed by atoms with Gasteiger partial charge in [0.15, 0.2) is 5.69 Å². The van der Waals surface area contributed by atoms with Crippen LogP contribution in [0.25, 0.3) is 0 Å². The van der Waals surface area contributed by atoms with Crippen LogP contribution in [-0.2, 0) is 14.3 Å². The summed E-state index contributed by atoms with van der Waals surface area (Å²) in [5.41, 5.74) is 4.44. The molecular formula is C18H24N2O5. The van der Waals surface area contributed by atoms with Crippen molar-refractivity contribution in [3.8, 4) is 0 Å². The number of nitrogens with zero attached hydrogens (tertiary/aromatic N) is 1. The number of carbonyl (C=O) groups is 2. The van der Waals surface area contributed by atoms with Gasteiger partial charge in [0, 0.05) is 12.5 Å². The monoisotopic (exact) mass is 348 g/mol. The van der Waals surface area contributed by atoms with Crippen LogP contribution >= 0.6 is 0 Å². The van der Waals surface area contributed by atoms with Gasteiger partial charge in [-0.05, 0) is 57.8 Å². The zero-order valence-corrected chi connectivity index (χ0v) is 14.6. The van der Waals surface area contributed by atoms with Crippen molar-refractivity contribution in [1.82, 2.24) is 5.16 Å². The molecular weight excluding hydrogens is 324 g/mol. The molecule has 2 atom stereocenters. The minimum absolute atomic E-state index is 0.0760. The number of hydrogen-bond acceptors (Lipinski definition) is 7. The second-order valence-corrected chi connectivity index (χ2v) is 8.38. The molecule has 25 heavy (non-hydrogen) atoms. The molecule has 7 nitrogen and oxygen atoms in total. The molecule has 0 spiro atoms. The molecule has 4 aliphatic rings. The van der Waals surface area contributed by atoms with E-state index >= 15 is 0 Å². The van der Waals surface area contributed by atoms with E-state index in [1.54, 1.807) is 0 Å². The molecule has 0 saturated heterocycles. The lowest BCUT2D eigenvalue weighted by molar-refractivity contribution is -0.199. The first-order valence-corrected chi connectivity index (χ1v) is 8.96. The predicted octanol–water partition coefficient (Wildman–Crippen LogP) is 2.70. The molecule has 4 bridgehead atoms. The van der Waals surface area contributed by atoms with Gasteiger partial charge >= 0.3 is 11.9 Å². The standard InChI is InChI=1S/C18H24N2O5/c1-10(2)23-16(22)17-5-11-3-12(6-17)8-18(7-11,9-17)24-15(21)13-4-14(19)25-20-13/h4,10-12H,3,5-9,19H2,1-2H3. The predicted molar refractivity (Wildman–Crippen MR) is 87.4 cm³/mol. The van der Waals surface area contributed by atoms with Gasteiger partial charge in [-0.3, -0.25) is 4.79 Å². The lowest BCUT2D eigenvalue weighted by atomic mass is 9.48. The van der Waals surface area contributed by atoms with Crippen molar-refractivity contribution in [3.05, 3.63) is 11.8 Å². The van der Waals surface area contributed by atoms with E-state index in [0.717, 1.165) is 32.1 Å². The van der Waals surface area contributed by atoms with E-state index in [9.17, 15) is 9.59 Å². The lowest BCUT2D eigenvalue weighted by Crippen LogP contribution is -2.60. The molecule has 2 N–H and O–H groups in total. The Bertz CT molecular complexity index is 696. The molecule has 4 fully saturated rings. The summed E-state index contributed by atoms with van der Waals surface area (Å²) in [6.45, 7) is 3.73. The second-order valence-electron chi connectivity index (χ2n) is 8.38. The number of esters is 2. The molecule has 1 aromatic rings. The molecule has 1 heterocycles. The number of anilines is 1. The Hall–Kier alpha value is -2.05. The van der Waals surface area contributed by atoms with Crippen molar-refractivity contribution in [2.75, 3.05) is 5.73 Å². The summed E-state index contributed by atoms with van der Waals surface area (Å²) in [5, 5.41) is 3.64. The van der Waals surface area contributed by atoms with Gasteiger partial charge in [-0.1, -0.05) is 5.16 Å². The fraction of sp³-hybridized carbons (Fsp3) is 0.722. The van der Waals surface area contributed by atoms with Crippen molar-refractivity contribution in [2.45, 2.75) is 64.1 Å². The Labute approximate surface area is 146 Å². The van der Waals surface area contributed by atoms with Crippen LogP contribution in [0.5, 0.6) is 0 Å². The highest BCUT2D eigenvalue weighted by Crippen LogP contribution is 2.63. The third kappa shape index (κ3) is 2.79. The Kier molecular flexibility index (Phi) is 3.60. The lowest BCUT2D eigenvalue weighted by Gasteiger charge is -2.59. The number of nitrogen functional groups attached to an aromatic ring is 1. The van der Waals surface area contributed by atoms with Gasteiger partial charge in [-0.25, -0.2) is 4.79 Å². The third-order valence-corrected chi connectivity index (χ3v) is 5.83. The van der Waals surface area contributed by atoms with Crippen molar-refractivity contribution in [3.63, 3.8) is 0 Å². The van der Waals surface area contributed by atoms with Crippen LogP contribution in [0, 0.1) is 17.3 Å². The fourth-order valence-corrected chi connectivity index (χ4v) is 5.51. The van der Waals surface area contributed by atoms with Gasteiger partial charge < -0.3 is 19.7 Å². The smallest absolute Gasteiger partial charge is 0.361 e. The van der Waals surface area contributed by atoms with Crippen molar-refractivity contribution in [1.29, 1.82) is 0 Å². The minimum Gasteiger partial charge on any atom is -0.463 e. The van der Waals surface area contributed by atoms with Crippen LogP contribution in [-0.4, -0.2) is 28.8 Å². The second kappa shape index (κ2) is 5.47. The summed E-state index contributed by atoms with van der Waals surface area (Å²) in [6, 6.07) is 1.37. The molecule has 2 unspecified atom stereocenters. The Balaban J connectivity index is 1.58. The number of nitrogens with two attached hydrogens (primary N) is 1. The summed E-state index contributed by atoms with van der Waals surface area (Å²) >= 11 is 0. The first-order valence-electron chi connectivity index (χ1n) is 8.96. The maximum atomic E-state index is 12.8. The van der Waals surface area contributed by atoms with Gasteiger partial charge in [0.1, 0.15) is 5.60 Å². The van der Waals surface area contributed by atoms with E-state index in [0.29, 0.717) is 18.3 Å². The average molecular weight is 348 g/mol. The molecule has 7 heteroatoms. The molecule has 0 aromatic carbocycles. The van der Waals surface area contributed by atoms with E-state index in [-0.39, 0.29) is 23.7 Å². The topological polar surface area (TPSA) is 105 Å². The molecule has 0 aliphatic heterocycles. The molecule has 5 rings (SSSR count). The maximum absolute atomic E-state index is 12.8. The van der Waals surface area contributed by atoms with Gasteiger partial charge in [0.05, 0.1) is 11.5 Å². The van der Waals surface area contributed by atoms with E-state index in [1.807, 2.05) is 13.8 Å². The van der Waals surface area contributed by atoms with Gasteiger partial charge in [0.2, 0.25) is 5.88 Å². The quantitative estimate of drug-likeness (QED) is 0.834. The maximum Gasteiger partial charge on any atom is 0.361 e. The Morgan fingerprint density at radius 3 is 2.52 bits per heavy atom. The zero-order chi connectivity index (χ0) is 17.8. The van der Waals surface area contributed by atoms with Crippen LogP contribution in [0.15, 0.2) is 10.6 Å². The van der Waals surface area contributed by atoms with E-state index < -0.39 is 17.0 Å². The minimum atomic E-state index is -0.606. The zero-order valence-electron chi connectivity index (χ0n) is 14.6. The van der Waals surface area contributed by atoms with Crippen LogP contribution < -0.4 is 5.73 Å². The SMILES string of the molecule is CC(C)OC(=O)C12CC3CC(CC(OC(=O)c4cc(N)on4)(C3)C1)C2. The van der Waals surface area contributed by atoms with Crippen LogP contribution in [0.2, 0.25) is 0 Å². The van der Waals surface area contributed by atoms with Crippen molar-refractivity contribution in [2.24, 2.45) is 17.3 Å². The van der Waals surface area contributed by atoms with Crippen LogP contribution in [0.4, 0.5) is 5.88 Å². The molecule has 4 saturated carbocycles. The number of rotatable bonds is 4. The summed E-state index contributed by atoms with van der Waals surface area (Å²) < 4.78 is 16.2. The number of hydrogen-bond donors (Lipinski definition) is 1. The summed E-state index contributed by atoms with van der Waals surface area (Å²) in [5.74, 6) is 0.208. The highest BCUT2D eigenvalue weighted by atomic mass is 16.6. The first-order chi connectivity index (χ1) is 11.8. The molecule has 136 valence electrons. The van der Waals surface area contributed by atoms with Gasteiger partial charge in [-0.2, -0.15) is 0 Å². The summed E-state index contributed by atoms with van der Waals surface area (Å²) in [6.07, 6.45) is 4.79. The summed E-state index contributed by atoms with van der Waals surface area (Å²) in [4.78, 5) is 25.3. The first kappa shape index (κ1) is 16.4. The third-order valence-electron chi connectivity index (χ3n) is 5.83. The number of aromatic nitrogens is 1. The normalized spacial score (nSPS) is 35.8. The van der Waals surface area contributed by atoms with Gasteiger partial charge in [-0.15, -0.1) is 0 Å². The highest BCUT2D eigenvalue weighted by Gasteiger charge is 2.63. The number of ether oxygens (including phenoxy) is 2. The summed E-state index contributed by atoms with van der Waals surface area (Å²) in [7, 11) is 0. The van der Waals surface area contributed by atoms with E-state index in [1.165, 1.54) is 6.07 Å². The van der Waals surface area contributed by atoms with E-state index in [4.69, 9.17) is 19.7 Å².